The Hall–Kier alpha value is -2.86. The van der Waals surface area contributed by atoms with Crippen LogP contribution in [0.2, 0.25) is 0 Å². The van der Waals surface area contributed by atoms with E-state index >= 15 is 0 Å². The Morgan fingerprint density at radius 1 is 1.28 bits per heavy atom. The van der Waals surface area contributed by atoms with Gasteiger partial charge in [-0.3, -0.25) is 4.79 Å². The van der Waals surface area contributed by atoms with Crippen molar-refractivity contribution in [3.8, 4) is 17.1 Å². The van der Waals surface area contributed by atoms with E-state index in [1.54, 1.807) is 30.2 Å². The fourth-order valence-corrected chi connectivity index (χ4v) is 2.67. The zero-order valence-electron chi connectivity index (χ0n) is 14.6. The first-order valence-electron chi connectivity index (χ1n) is 8.09. The normalized spacial score (nSPS) is 10.8. The van der Waals surface area contributed by atoms with Crippen LogP contribution >= 0.6 is 0 Å². The van der Waals surface area contributed by atoms with Gasteiger partial charge in [-0.25, -0.2) is 4.68 Å². The highest BCUT2D eigenvalue weighted by Gasteiger charge is 2.19. The van der Waals surface area contributed by atoms with E-state index in [9.17, 15) is 4.79 Å². The van der Waals surface area contributed by atoms with Gasteiger partial charge in [-0.15, -0.1) is 0 Å². The van der Waals surface area contributed by atoms with Crippen LogP contribution in [-0.2, 0) is 4.74 Å². The molecule has 1 aromatic carbocycles. The number of rotatable bonds is 6. The van der Waals surface area contributed by atoms with Gasteiger partial charge in [0.2, 0.25) is 0 Å². The molecule has 6 nitrogen and oxygen atoms in total. The SMILES string of the molecule is COCCNC(=O)c1cc(-c2ccco2)nn1-c1ccc(C)cc1C. The monoisotopic (exact) mass is 339 g/mol. The summed E-state index contributed by atoms with van der Waals surface area (Å²) in [6.45, 7) is 4.92. The summed E-state index contributed by atoms with van der Waals surface area (Å²) < 4.78 is 12.1. The molecule has 25 heavy (non-hydrogen) atoms. The van der Waals surface area contributed by atoms with Gasteiger partial charge in [0.25, 0.3) is 5.91 Å². The highest BCUT2D eigenvalue weighted by atomic mass is 16.5. The first kappa shape index (κ1) is 17.0. The number of amides is 1. The van der Waals surface area contributed by atoms with E-state index in [4.69, 9.17) is 9.15 Å². The van der Waals surface area contributed by atoms with Crippen LogP contribution in [0.4, 0.5) is 0 Å². The van der Waals surface area contributed by atoms with Crippen LogP contribution in [0, 0.1) is 13.8 Å². The summed E-state index contributed by atoms with van der Waals surface area (Å²) in [4.78, 5) is 12.6. The molecule has 0 fully saturated rings. The van der Waals surface area contributed by atoms with Gasteiger partial charge in [-0.2, -0.15) is 5.10 Å². The summed E-state index contributed by atoms with van der Waals surface area (Å²) in [7, 11) is 1.60. The molecule has 0 aliphatic heterocycles. The molecule has 0 saturated carbocycles. The van der Waals surface area contributed by atoms with Crippen molar-refractivity contribution in [1.82, 2.24) is 15.1 Å². The maximum Gasteiger partial charge on any atom is 0.270 e. The molecule has 0 spiro atoms. The largest absolute Gasteiger partial charge is 0.463 e. The number of nitrogens with one attached hydrogen (secondary N) is 1. The van der Waals surface area contributed by atoms with E-state index in [1.165, 1.54) is 0 Å². The van der Waals surface area contributed by atoms with Crippen molar-refractivity contribution in [2.75, 3.05) is 20.3 Å². The summed E-state index contributed by atoms with van der Waals surface area (Å²) in [5.74, 6) is 0.414. The predicted molar refractivity (Wildman–Crippen MR) is 94.9 cm³/mol. The van der Waals surface area contributed by atoms with Gasteiger partial charge >= 0.3 is 0 Å². The Balaban J connectivity index is 2.04. The number of aromatic nitrogens is 2. The molecule has 3 rings (SSSR count). The minimum Gasteiger partial charge on any atom is -0.463 e. The fraction of sp³-hybridized carbons (Fsp3) is 0.263. The Morgan fingerprint density at radius 3 is 2.80 bits per heavy atom. The first-order chi connectivity index (χ1) is 12.1. The lowest BCUT2D eigenvalue weighted by atomic mass is 10.1. The van der Waals surface area contributed by atoms with Crippen molar-refractivity contribution in [2.45, 2.75) is 13.8 Å². The van der Waals surface area contributed by atoms with Crippen LogP contribution in [0.15, 0.2) is 47.1 Å². The highest BCUT2D eigenvalue weighted by molar-refractivity contribution is 5.94. The summed E-state index contributed by atoms with van der Waals surface area (Å²) in [6.07, 6.45) is 1.59. The fourth-order valence-electron chi connectivity index (χ4n) is 2.67. The van der Waals surface area contributed by atoms with E-state index < -0.39 is 0 Å². The molecule has 1 amide bonds. The van der Waals surface area contributed by atoms with Crippen LogP contribution < -0.4 is 5.32 Å². The van der Waals surface area contributed by atoms with Gasteiger partial charge < -0.3 is 14.5 Å². The lowest BCUT2D eigenvalue weighted by Gasteiger charge is -2.11. The minimum absolute atomic E-state index is 0.206. The predicted octanol–water partition coefficient (Wildman–Crippen LogP) is 3.13. The quantitative estimate of drug-likeness (QED) is 0.701. The smallest absolute Gasteiger partial charge is 0.270 e. The second-order valence-electron chi connectivity index (χ2n) is 5.84. The van der Waals surface area contributed by atoms with Crippen LogP contribution in [0.25, 0.3) is 17.1 Å². The van der Waals surface area contributed by atoms with Crippen molar-refractivity contribution in [1.29, 1.82) is 0 Å². The molecule has 130 valence electrons. The number of furan rings is 1. The third-order valence-corrected chi connectivity index (χ3v) is 3.89. The standard InChI is InChI=1S/C19H21N3O3/c1-13-6-7-16(14(2)11-13)22-17(19(23)20-8-10-24-3)12-15(21-22)18-5-4-9-25-18/h4-7,9,11-12H,8,10H2,1-3H3,(H,20,23). The molecular weight excluding hydrogens is 318 g/mol. The molecule has 2 aromatic heterocycles. The maximum atomic E-state index is 12.6. The van der Waals surface area contributed by atoms with Crippen LogP contribution in [0.3, 0.4) is 0 Å². The van der Waals surface area contributed by atoms with Crippen molar-refractivity contribution in [3.63, 3.8) is 0 Å². The van der Waals surface area contributed by atoms with Gasteiger partial charge in [-0.05, 0) is 37.6 Å². The number of hydrogen-bond acceptors (Lipinski definition) is 4. The lowest BCUT2D eigenvalue weighted by molar-refractivity contribution is 0.0929. The van der Waals surface area contributed by atoms with Crippen molar-refractivity contribution >= 4 is 5.91 Å². The molecule has 0 aliphatic carbocycles. The van der Waals surface area contributed by atoms with Crippen LogP contribution in [0.1, 0.15) is 21.6 Å². The van der Waals surface area contributed by atoms with Gasteiger partial charge in [0.1, 0.15) is 11.4 Å². The summed E-state index contributed by atoms with van der Waals surface area (Å²) >= 11 is 0. The average Bonchev–Trinajstić information content (AvgIpc) is 3.24. The van der Waals surface area contributed by atoms with Crippen LogP contribution in [-0.4, -0.2) is 35.9 Å². The van der Waals surface area contributed by atoms with E-state index in [1.807, 2.05) is 32.0 Å². The number of aryl methyl sites for hydroxylation is 2. The van der Waals surface area contributed by atoms with E-state index in [-0.39, 0.29) is 5.91 Å². The van der Waals surface area contributed by atoms with Gasteiger partial charge in [0, 0.05) is 19.7 Å². The molecule has 0 saturated heterocycles. The van der Waals surface area contributed by atoms with Crippen molar-refractivity contribution in [2.24, 2.45) is 0 Å². The molecule has 0 aliphatic rings. The summed E-state index contributed by atoms with van der Waals surface area (Å²) in [5.41, 5.74) is 4.13. The number of ether oxygens (including phenoxy) is 1. The van der Waals surface area contributed by atoms with E-state index in [0.717, 1.165) is 16.8 Å². The molecule has 1 N–H and O–H groups in total. The number of methoxy groups -OCH3 is 1. The number of nitrogens with zero attached hydrogens (tertiary/aromatic N) is 2. The number of carbonyl (C=O) groups is 1. The van der Waals surface area contributed by atoms with Crippen molar-refractivity contribution in [3.05, 3.63) is 59.5 Å². The molecule has 0 radical (unpaired) electrons. The zero-order chi connectivity index (χ0) is 17.8. The average molecular weight is 339 g/mol. The minimum atomic E-state index is -0.206. The second kappa shape index (κ2) is 7.36. The number of hydrogen-bond donors (Lipinski definition) is 1. The Morgan fingerprint density at radius 2 is 2.12 bits per heavy atom. The molecular formula is C19H21N3O3. The molecule has 2 heterocycles. The Labute approximate surface area is 146 Å². The third kappa shape index (κ3) is 3.64. The molecule has 0 bridgehead atoms. The van der Waals surface area contributed by atoms with E-state index in [0.29, 0.717) is 30.3 Å². The van der Waals surface area contributed by atoms with Crippen LogP contribution in [0.5, 0.6) is 0 Å². The number of benzene rings is 1. The maximum absolute atomic E-state index is 12.6. The van der Waals surface area contributed by atoms with Crippen molar-refractivity contribution < 1.29 is 13.9 Å². The van der Waals surface area contributed by atoms with Gasteiger partial charge in [-0.1, -0.05) is 17.7 Å². The second-order valence-corrected chi connectivity index (χ2v) is 5.84. The highest BCUT2D eigenvalue weighted by Crippen LogP contribution is 2.24. The third-order valence-electron chi connectivity index (χ3n) is 3.89. The number of carbonyl (C=O) groups excluding carboxylic acids is 1. The van der Waals surface area contributed by atoms with Gasteiger partial charge in [0.15, 0.2) is 5.76 Å². The molecule has 3 aromatic rings. The van der Waals surface area contributed by atoms with E-state index in [2.05, 4.69) is 16.5 Å². The zero-order valence-corrected chi connectivity index (χ0v) is 14.6. The Kier molecular flexibility index (Phi) is 5.00. The summed E-state index contributed by atoms with van der Waals surface area (Å²) in [5, 5.41) is 7.44. The first-order valence-corrected chi connectivity index (χ1v) is 8.09. The Bertz CT molecular complexity index is 866. The summed E-state index contributed by atoms with van der Waals surface area (Å²) in [6, 6.07) is 11.4. The topological polar surface area (TPSA) is 69.3 Å². The molecule has 0 atom stereocenters. The lowest BCUT2D eigenvalue weighted by Crippen LogP contribution is -2.29. The molecule has 6 heteroatoms. The molecule has 0 unspecified atom stereocenters. The van der Waals surface area contributed by atoms with Gasteiger partial charge in [0.05, 0.1) is 18.6 Å².